The normalized spacial score (nSPS) is 14.8. The molecule has 20 heavy (non-hydrogen) atoms. The van der Waals surface area contributed by atoms with Gasteiger partial charge in [-0.2, -0.15) is 0 Å². The number of nitrogens with one attached hydrogen (secondary N) is 1. The molecule has 0 fully saturated rings. The van der Waals surface area contributed by atoms with Crippen molar-refractivity contribution in [3.05, 3.63) is 22.4 Å². The van der Waals surface area contributed by atoms with Crippen LogP contribution in [0.2, 0.25) is 0 Å². The van der Waals surface area contributed by atoms with Gasteiger partial charge in [0.05, 0.1) is 17.8 Å². The SMILES string of the molecule is CCCC(NC(=O)C(N)CCS(C)(=O)=O)c1cccs1. The van der Waals surface area contributed by atoms with Crippen molar-refractivity contribution < 1.29 is 13.2 Å². The van der Waals surface area contributed by atoms with Crippen molar-refractivity contribution in [1.29, 1.82) is 0 Å². The summed E-state index contributed by atoms with van der Waals surface area (Å²) >= 11 is 1.59. The molecule has 0 aliphatic heterocycles. The van der Waals surface area contributed by atoms with Crippen LogP contribution in [0.5, 0.6) is 0 Å². The third-order valence-corrected chi connectivity index (χ3v) is 4.88. The van der Waals surface area contributed by atoms with Crippen molar-refractivity contribution >= 4 is 27.1 Å². The minimum absolute atomic E-state index is 0.0446. The molecule has 0 bridgehead atoms. The standard InChI is InChI=1S/C13H22N2O3S2/c1-3-5-11(12-6-4-8-19-12)15-13(16)10(14)7-9-20(2,17)18/h4,6,8,10-11H,3,5,7,9,14H2,1-2H3,(H,15,16). The zero-order chi connectivity index (χ0) is 15.2. The first-order valence-corrected chi connectivity index (χ1v) is 9.54. The lowest BCUT2D eigenvalue weighted by Crippen LogP contribution is -2.43. The molecule has 2 atom stereocenters. The maximum absolute atomic E-state index is 12.0. The first-order valence-electron chi connectivity index (χ1n) is 6.60. The van der Waals surface area contributed by atoms with Crippen molar-refractivity contribution in [2.45, 2.75) is 38.3 Å². The summed E-state index contributed by atoms with van der Waals surface area (Å²) in [6.07, 6.45) is 3.07. The van der Waals surface area contributed by atoms with Gasteiger partial charge >= 0.3 is 0 Å². The number of hydrogen-bond acceptors (Lipinski definition) is 5. The maximum Gasteiger partial charge on any atom is 0.237 e. The van der Waals surface area contributed by atoms with Crippen LogP contribution in [0.25, 0.3) is 0 Å². The van der Waals surface area contributed by atoms with Crippen LogP contribution in [0.4, 0.5) is 0 Å². The molecule has 3 N–H and O–H groups in total. The van der Waals surface area contributed by atoms with E-state index in [-0.39, 0.29) is 24.1 Å². The van der Waals surface area contributed by atoms with Gasteiger partial charge in [0.15, 0.2) is 0 Å². The Hall–Kier alpha value is -0.920. The van der Waals surface area contributed by atoms with E-state index in [4.69, 9.17) is 5.73 Å². The van der Waals surface area contributed by atoms with E-state index in [2.05, 4.69) is 12.2 Å². The van der Waals surface area contributed by atoms with Crippen LogP contribution in [0.1, 0.15) is 37.1 Å². The van der Waals surface area contributed by atoms with Crippen LogP contribution < -0.4 is 11.1 Å². The van der Waals surface area contributed by atoms with Crippen LogP contribution in [0.15, 0.2) is 17.5 Å². The lowest BCUT2D eigenvalue weighted by atomic mass is 10.1. The highest BCUT2D eigenvalue weighted by atomic mass is 32.2. The molecule has 0 radical (unpaired) electrons. The van der Waals surface area contributed by atoms with Crippen molar-refractivity contribution in [2.75, 3.05) is 12.0 Å². The number of carbonyl (C=O) groups excluding carboxylic acids is 1. The summed E-state index contributed by atoms with van der Waals surface area (Å²) in [6, 6.07) is 3.09. The van der Waals surface area contributed by atoms with Crippen LogP contribution in [-0.4, -0.2) is 32.4 Å². The van der Waals surface area contributed by atoms with Crippen LogP contribution in [0.3, 0.4) is 0 Å². The number of nitrogens with two attached hydrogens (primary N) is 1. The fourth-order valence-corrected chi connectivity index (χ4v) is 3.31. The molecule has 0 spiro atoms. The summed E-state index contributed by atoms with van der Waals surface area (Å²) in [5, 5.41) is 4.87. The summed E-state index contributed by atoms with van der Waals surface area (Å²) < 4.78 is 22.2. The monoisotopic (exact) mass is 318 g/mol. The zero-order valence-electron chi connectivity index (χ0n) is 11.8. The third kappa shape index (κ3) is 6.02. The summed E-state index contributed by atoms with van der Waals surface area (Å²) in [4.78, 5) is 13.1. The molecule has 0 aliphatic rings. The molecule has 0 aliphatic carbocycles. The number of hydrogen-bond donors (Lipinski definition) is 2. The van der Waals surface area contributed by atoms with Gasteiger partial charge < -0.3 is 11.1 Å². The second kappa shape index (κ2) is 7.75. The van der Waals surface area contributed by atoms with Gasteiger partial charge in [0, 0.05) is 11.1 Å². The molecule has 1 amide bonds. The van der Waals surface area contributed by atoms with Gasteiger partial charge in [-0.05, 0) is 24.3 Å². The van der Waals surface area contributed by atoms with Crippen molar-refractivity contribution in [3.63, 3.8) is 0 Å². The smallest absolute Gasteiger partial charge is 0.237 e. The molecule has 5 nitrogen and oxygen atoms in total. The number of rotatable bonds is 8. The highest BCUT2D eigenvalue weighted by Gasteiger charge is 2.20. The van der Waals surface area contributed by atoms with Gasteiger partial charge in [-0.1, -0.05) is 19.4 Å². The summed E-state index contributed by atoms with van der Waals surface area (Å²) in [5.41, 5.74) is 5.75. The van der Waals surface area contributed by atoms with Crippen molar-refractivity contribution in [2.24, 2.45) is 5.73 Å². The summed E-state index contributed by atoms with van der Waals surface area (Å²) in [7, 11) is -3.09. The number of sulfone groups is 1. The van der Waals surface area contributed by atoms with Crippen LogP contribution in [0, 0.1) is 0 Å². The van der Waals surface area contributed by atoms with Gasteiger partial charge in [-0.15, -0.1) is 11.3 Å². The second-order valence-corrected chi connectivity index (χ2v) is 8.13. The molecule has 1 heterocycles. The minimum atomic E-state index is -3.09. The molecule has 1 aromatic heterocycles. The molecule has 7 heteroatoms. The van der Waals surface area contributed by atoms with Gasteiger partial charge in [-0.3, -0.25) is 4.79 Å². The lowest BCUT2D eigenvalue weighted by molar-refractivity contribution is -0.123. The van der Waals surface area contributed by atoms with E-state index in [9.17, 15) is 13.2 Å². The summed E-state index contributed by atoms with van der Waals surface area (Å²) in [5.74, 6) is -0.362. The van der Waals surface area contributed by atoms with Gasteiger partial charge in [-0.25, -0.2) is 8.42 Å². The molecular formula is C13H22N2O3S2. The van der Waals surface area contributed by atoms with E-state index in [1.54, 1.807) is 11.3 Å². The molecular weight excluding hydrogens is 296 g/mol. The van der Waals surface area contributed by atoms with Gasteiger partial charge in [0.25, 0.3) is 0 Å². The first-order chi connectivity index (χ1) is 9.33. The Morgan fingerprint density at radius 1 is 1.45 bits per heavy atom. The Labute approximate surface area is 124 Å². The minimum Gasteiger partial charge on any atom is -0.347 e. The molecule has 0 aromatic carbocycles. The predicted molar refractivity (Wildman–Crippen MR) is 82.4 cm³/mol. The molecule has 0 saturated heterocycles. The quantitative estimate of drug-likeness (QED) is 0.759. The second-order valence-electron chi connectivity index (χ2n) is 4.89. The largest absolute Gasteiger partial charge is 0.347 e. The number of amides is 1. The maximum atomic E-state index is 12.0. The van der Waals surface area contributed by atoms with Gasteiger partial charge in [0.2, 0.25) is 5.91 Å². The van der Waals surface area contributed by atoms with E-state index in [1.807, 2.05) is 17.5 Å². The Morgan fingerprint density at radius 3 is 2.65 bits per heavy atom. The molecule has 2 unspecified atom stereocenters. The van der Waals surface area contributed by atoms with Crippen molar-refractivity contribution in [1.82, 2.24) is 5.32 Å². The average molecular weight is 318 g/mol. The number of carbonyl (C=O) groups is 1. The lowest BCUT2D eigenvalue weighted by Gasteiger charge is -2.19. The van der Waals surface area contributed by atoms with Crippen LogP contribution in [-0.2, 0) is 14.6 Å². The molecule has 0 saturated carbocycles. The average Bonchev–Trinajstić information content (AvgIpc) is 2.88. The predicted octanol–water partition coefficient (Wildman–Crippen LogP) is 1.47. The number of thiophene rings is 1. The fourth-order valence-electron chi connectivity index (χ4n) is 1.81. The Morgan fingerprint density at radius 2 is 2.15 bits per heavy atom. The van der Waals surface area contributed by atoms with E-state index >= 15 is 0 Å². The first kappa shape index (κ1) is 17.1. The highest BCUT2D eigenvalue weighted by molar-refractivity contribution is 7.90. The molecule has 114 valence electrons. The third-order valence-electron chi connectivity index (χ3n) is 2.92. The fraction of sp³-hybridized carbons (Fsp3) is 0.615. The van der Waals surface area contributed by atoms with E-state index in [0.29, 0.717) is 0 Å². The Balaban J connectivity index is 2.57. The van der Waals surface area contributed by atoms with E-state index < -0.39 is 15.9 Å². The Kier molecular flexibility index (Phi) is 6.64. The Bertz CT molecular complexity index is 512. The molecule has 1 aromatic rings. The van der Waals surface area contributed by atoms with Gasteiger partial charge in [0.1, 0.15) is 9.84 Å². The van der Waals surface area contributed by atoms with Crippen molar-refractivity contribution in [3.8, 4) is 0 Å². The highest BCUT2D eigenvalue weighted by Crippen LogP contribution is 2.23. The summed E-state index contributed by atoms with van der Waals surface area (Å²) in [6.45, 7) is 2.05. The van der Waals surface area contributed by atoms with E-state index in [0.717, 1.165) is 24.0 Å². The zero-order valence-corrected chi connectivity index (χ0v) is 13.5. The molecule has 1 rings (SSSR count). The van der Waals surface area contributed by atoms with E-state index in [1.165, 1.54) is 0 Å². The topological polar surface area (TPSA) is 89.3 Å². The van der Waals surface area contributed by atoms with Crippen LogP contribution >= 0.6 is 11.3 Å².